The van der Waals surface area contributed by atoms with Crippen LogP contribution in [0.1, 0.15) is 13.3 Å². The monoisotopic (exact) mass is 184 g/mol. The molecule has 74 valence electrons. The maximum atomic E-state index is 11.2. The zero-order valence-corrected chi connectivity index (χ0v) is 8.03. The minimum Gasteiger partial charge on any atom is -0.466 e. The van der Waals surface area contributed by atoms with Gasteiger partial charge in [-0.1, -0.05) is 0 Å². The molecule has 2 saturated heterocycles. The zero-order valence-electron chi connectivity index (χ0n) is 8.03. The second-order valence-corrected chi connectivity index (χ2v) is 3.56. The van der Waals surface area contributed by atoms with E-state index in [4.69, 9.17) is 4.74 Å². The summed E-state index contributed by atoms with van der Waals surface area (Å²) in [6.45, 7) is 6.90. The molecular formula is C9H16N2O2. The van der Waals surface area contributed by atoms with Crippen LogP contribution in [0.15, 0.2) is 0 Å². The first-order valence-electron chi connectivity index (χ1n) is 4.95. The molecule has 2 aliphatic rings. The average Bonchev–Trinajstić information content (AvgIpc) is 2.95. The molecule has 2 heterocycles. The number of carbonyl (C=O) groups is 1. The third-order valence-electron chi connectivity index (χ3n) is 2.46. The molecule has 0 radical (unpaired) electrons. The quantitative estimate of drug-likeness (QED) is 0.441. The number of hydrogen-bond donors (Lipinski definition) is 0. The molecular weight excluding hydrogens is 168 g/mol. The van der Waals surface area contributed by atoms with E-state index in [2.05, 4.69) is 9.80 Å². The van der Waals surface area contributed by atoms with Gasteiger partial charge in [0.05, 0.1) is 19.2 Å². The second kappa shape index (κ2) is 3.64. The summed E-state index contributed by atoms with van der Waals surface area (Å²) in [4.78, 5) is 15.9. The van der Waals surface area contributed by atoms with Crippen LogP contribution in [-0.4, -0.2) is 54.7 Å². The van der Waals surface area contributed by atoms with Crippen LogP contribution in [0.4, 0.5) is 0 Å². The van der Waals surface area contributed by atoms with Gasteiger partial charge >= 0.3 is 5.97 Å². The van der Waals surface area contributed by atoms with E-state index < -0.39 is 0 Å². The smallest absolute Gasteiger partial charge is 0.308 e. The third kappa shape index (κ3) is 2.42. The van der Waals surface area contributed by atoms with Gasteiger partial charge in [0.1, 0.15) is 0 Å². The Morgan fingerprint density at radius 3 is 2.23 bits per heavy atom. The molecule has 2 fully saturated rings. The first-order chi connectivity index (χ1) is 6.31. The summed E-state index contributed by atoms with van der Waals surface area (Å²) in [5.41, 5.74) is 0. The summed E-state index contributed by atoms with van der Waals surface area (Å²) >= 11 is 0. The molecule has 0 amide bonds. The van der Waals surface area contributed by atoms with Gasteiger partial charge in [-0.05, 0) is 6.92 Å². The van der Waals surface area contributed by atoms with E-state index in [0.29, 0.717) is 19.2 Å². The van der Waals surface area contributed by atoms with E-state index in [9.17, 15) is 4.79 Å². The number of carbonyl (C=O) groups excluding carboxylic acids is 1. The lowest BCUT2D eigenvalue weighted by Crippen LogP contribution is -2.31. The summed E-state index contributed by atoms with van der Waals surface area (Å²) in [6, 6.07) is 0. The largest absolute Gasteiger partial charge is 0.466 e. The summed E-state index contributed by atoms with van der Waals surface area (Å²) in [7, 11) is 0. The summed E-state index contributed by atoms with van der Waals surface area (Å²) in [5.74, 6) is -0.0636. The Bertz CT molecular complexity index is 188. The molecule has 0 atom stereocenters. The molecule has 4 nitrogen and oxygen atoms in total. The molecule has 0 N–H and O–H groups in total. The molecule has 0 bridgehead atoms. The lowest BCUT2D eigenvalue weighted by atomic mass is 10.3. The van der Waals surface area contributed by atoms with Gasteiger partial charge < -0.3 is 4.74 Å². The van der Waals surface area contributed by atoms with Crippen molar-refractivity contribution in [1.29, 1.82) is 0 Å². The van der Waals surface area contributed by atoms with Crippen molar-refractivity contribution in [1.82, 2.24) is 9.80 Å². The Labute approximate surface area is 78.4 Å². The lowest BCUT2D eigenvalue weighted by Gasteiger charge is -2.17. The third-order valence-corrected chi connectivity index (χ3v) is 2.46. The van der Waals surface area contributed by atoms with Crippen molar-refractivity contribution in [2.24, 2.45) is 0 Å². The van der Waals surface area contributed by atoms with Crippen molar-refractivity contribution >= 4 is 5.97 Å². The number of esters is 1. The van der Waals surface area contributed by atoms with E-state index >= 15 is 0 Å². The summed E-state index contributed by atoms with van der Waals surface area (Å²) in [6.07, 6.45) is 0.868. The number of rotatable bonds is 5. The molecule has 0 saturated carbocycles. The first kappa shape index (κ1) is 8.97. The van der Waals surface area contributed by atoms with Gasteiger partial charge in [0.2, 0.25) is 0 Å². The van der Waals surface area contributed by atoms with Gasteiger partial charge in [-0.3, -0.25) is 14.6 Å². The Hall–Kier alpha value is -0.610. The van der Waals surface area contributed by atoms with Crippen LogP contribution in [0.3, 0.4) is 0 Å². The molecule has 13 heavy (non-hydrogen) atoms. The van der Waals surface area contributed by atoms with Gasteiger partial charge in [-0.2, -0.15) is 0 Å². The predicted molar refractivity (Wildman–Crippen MR) is 48.2 cm³/mol. The lowest BCUT2D eigenvalue weighted by molar-refractivity contribution is -0.144. The Morgan fingerprint density at radius 2 is 1.85 bits per heavy atom. The van der Waals surface area contributed by atoms with Crippen LogP contribution < -0.4 is 0 Å². The Balaban J connectivity index is 1.78. The van der Waals surface area contributed by atoms with Crippen molar-refractivity contribution in [3.05, 3.63) is 0 Å². The molecule has 0 aromatic carbocycles. The fourth-order valence-electron chi connectivity index (χ4n) is 1.57. The highest BCUT2D eigenvalue weighted by atomic mass is 16.5. The Kier molecular flexibility index (Phi) is 2.51. The molecule has 2 rings (SSSR count). The van der Waals surface area contributed by atoms with Crippen LogP contribution in [0.2, 0.25) is 0 Å². The van der Waals surface area contributed by atoms with E-state index in [1.807, 2.05) is 6.92 Å². The second-order valence-electron chi connectivity index (χ2n) is 3.56. The molecule has 0 aromatic heterocycles. The highest BCUT2D eigenvalue weighted by Crippen LogP contribution is 2.23. The van der Waals surface area contributed by atoms with Crippen molar-refractivity contribution in [3.63, 3.8) is 0 Å². The van der Waals surface area contributed by atoms with Crippen LogP contribution in [0.25, 0.3) is 0 Å². The highest BCUT2D eigenvalue weighted by Gasteiger charge is 2.38. The maximum absolute atomic E-state index is 11.2. The van der Waals surface area contributed by atoms with E-state index in [0.717, 1.165) is 26.2 Å². The van der Waals surface area contributed by atoms with Crippen LogP contribution in [0, 0.1) is 0 Å². The van der Waals surface area contributed by atoms with Gasteiger partial charge in [0.15, 0.2) is 0 Å². The van der Waals surface area contributed by atoms with Crippen LogP contribution in [0.5, 0.6) is 0 Å². The molecule has 4 heteroatoms. The predicted octanol–water partition coefficient (Wildman–Crippen LogP) is -0.103. The zero-order chi connectivity index (χ0) is 9.26. The molecule has 2 aliphatic heterocycles. The summed E-state index contributed by atoms with van der Waals surface area (Å²) in [5, 5.41) is 0. The minimum atomic E-state index is -0.0636. The minimum absolute atomic E-state index is 0.0636. The SMILES string of the molecule is CCOC(=O)CC(N1CC1)N1CC1. The fourth-order valence-corrected chi connectivity index (χ4v) is 1.57. The van der Waals surface area contributed by atoms with E-state index in [1.54, 1.807) is 0 Å². The maximum Gasteiger partial charge on any atom is 0.308 e. The van der Waals surface area contributed by atoms with Crippen LogP contribution >= 0.6 is 0 Å². The average molecular weight is 184 g/mol. The molecule has 0 spiro atoms. The number of hydrogen-bond acceptors (Lipinski definition) is 4. The molecule has 0 aliphatic carbocycles. The van der Waals surface area contributed by atoms with E-state index in [1.165, 1.54) is 0 Å². The van der Waals surface area contributed by atoms with Crippen molar-refractivity contribution in [2.75, 3.05) is 32.8 Å². The standard InChI is InChI=1S/C9H16N2O2/c1-2-13-9(12)7-8(10-3-4-10)11-5-6-11/h8H,2-7H2,1H3. The van der Waals surface area contributed by atoms with Gasteiger partial charge in [-0.25, -0.2) is 0 Å². The normalized spacial score (nSPS) is 22.0. The van der Waals surface area contributed by atoms with E-state index in [-0.39, 0.29) is 5.97 Å². The fraction of sp³-hybridized carbons (Fsp3) is 0.889. The van der Waals surface area contributed by atoms with Gasteiger partial charge in [-0.15, -0.1) is 0 Å². The van der Waals surface area contributed by atoms with Gasteiger partial charge in [0.25, 0.3) is 0 Å². The Morgan fingerprint density at radius 1 is 1.31 bits per heavy atom. The summed E-state index contributed by atoms with van der Waals surface area (Å²) < 4.78 is 4.94. The highest BCUT2D eigenvalue weighted by molar-refractivity contribution is 5.70. The van der Waals surface area contributed by atoms with Crippen LogP contribution in [-0.2, 0) is 9.53 Å². The van der Waals surface area contributed by atoms with Crippen molar-refractivity contribution in [2.45, 2.75) is 19.5 Å². The number of ether oxygens (including phenoxy) is 1. The van der Waals surface area contributed by atoms with Crippen molar-refractivity contribution < 1.29 is 9.53 Å². The molecule has 0 aromatic rings. The van der Waals surface area contributed by atoms with Crippen molar-refractivity contribution in [3.8, 4) is 0 Å². The molecule has 0 unspecified atom stereocenters. The van der Waals surface area contributed by atoms with Gasteiger partial charge in [0, 0.05) is 26.2 Å². The number of nitrogens with zero attached hydrogens (tertiary/aromatic N) is 2. The topological polar surface area (TPSA) is 32.3 Å². The first-order valence-corrected chi connectivity index (χ1v) is 4.95.